The second-order valence-electron chi connectivity index (χ2n) is 4.16. The fraction of sp³-hybridized carbons (Fsp3) is 0.0667. The van der Waals surface area contributed by atoms with Crippen molar-refractivity contribution in [1.29, 1.82) is 0 Å². The van der Waals surface area contributed by atoms with Gasteiger partial charge in [-0.2, -0.15) is 4.73 Å². The lowest BCUT2D eigenvalue weighted by Crippen LogP contribution is -2.30. The van der Waals surface area contributed by atoms with Crippen LogP contribution in [0.2, 0.25) is 0 Å². The van der Waals surface area contributed by atoms with Crippen molar-refractivity contribution in [2.45, 2.75) is 0 Å². The van der Waals surface area contributed by atoms with Gasteiger partial charge in [-0.05, 0) is 24.3 Å². The second-order valence-corrected chi connectivity index (χ2v) is 4.16. The molecule has 0 saturated carbocycles. The smallest absolute Gasteiger partial charge is 0.242 e. The molecule has 0 fully saturated rings. The van der Waals surface area contributed by atoms with Gasteiger partial charge in [-0.25, -0.2) is 4.98 Å². The summed E-state index contributed by atoms with van der Waals surface area (Å²) in [6.07, 6.45) is 1.59. The van der Waals surface area contributed by atoms with Gasteiger partial charge in [0.25, 0.3) is 0 Å². The van der Waals surface area contributed by atoms with E-state index in [2.05, 4.69) is 4.98 Å². The number of hydrogen-bond donors (Lipinski definition) is 0. The van der Waals surface area contributed by atoms with Gasteiger partial charge in [-0.3, -0.25) is 0 Å². The van der Waals surface area contributed by atoms with Crippen molar-refractivity contribution >= 4 is 11.0 Å². The Balaban J connectivity index is 2.22. The standard InChI is InChI=1S/C15H12N2O2/c1-19-12-6-4-5-11(9-12)15-10-16-13-7-2-3-8-14(13)17(15)18/h2-10H,1H3. The Labute approximate surface area is 110 Å². The molecule has 0 aliphatic heterocycles. The maximum absolute atomic E-state index is 12.4. The summed E-state index contributed by atoms with van der Waals surface area (Å²) >= 11 is 0. The van der Waals surface area contributed by atoms with Gasteiger partial charge in [0.1, 0.15) is 17.5 Å². The zero-order chi connectivity index (χ0) is 13.2. The van der Waals surface area contributed by atoms with E-state index in [0.29, 0.717) is 22.5 Å². The highest BCUT2D eigenvalue weighted by molar-refractivity contribution is 5.72. The van der Waals surface area contributed by atoms with Gasteiger partial charge in [0.2, 0.25) is 11.2 Å². The topological polar surface area (TPSA) is 49.1 Å². The lowest BCUT2D eigenvalue weighted by molar-refractivity contribution is -0.565. The predicted molar refractivity (Wildman–Crippen MR) is 72.7 cm³/mol. The Hall–Kier alpha value is -2.62. The SMILES string of the molecule is COc1cccc(-c2cnc3ccccc3[n+]2[O-])c1. The number of benzene rings is 2. The van der Waals surface area contributed by atoms with Crippen molar-refractivity contribution in [2.24, 2.45) is 0 Å². The number of para-hydroxylation sites is 2. The zero-order valence-corrected chi connectivity index (χ0v) is 10.4. The predicted octanol–water partition coefficient (Wildman–Crippen LogP) is 2.54. The molecule has 0 unspecified atom stereocenters. The van der Waals surface area contributed by atoms with Crippen LogP contribution in [0.1, 0.15) is 0 Å². The van der Waals surface area contributed by atoms with Crippen LogP contribution in [0, 0.1) is 5.21 Å². The molecule has 4 heteroatoms. The molecule has 2 aromatic carbocycles. The summed E-state index contributed by atoms with van der Waals surface area (Å²) in [7, 11) is 1.60. The van der Waals surface area contributed by atoms with E-state index in [4.69, 9.17) is 4.74 Å². The van der Waals surface area contributed by atoms with Crippen molar-refractivity contribution in [1.82, 2.24) is 4.98 Å². The first kappa shape index (κ1) is 11.5. The molecule has 3 aromatic rings. The molecule has 1 aromatic heterocycles. The van der Waals surface area contributed by atoms with E-state index in [-0.39, 0.29) is 0 Å². The number of nitrogens with zero attached hydrogens (tertiary/aromatic N) is 2. The normalized spacial score (nSPS) is 10.6. The molecule has 0 aliphatic rings. The minimum atomic E-state index is 0.512. The molecule has 0 amide bonds. The van der Waals surface area contributed by atoms with Crippen LogP contribution in [0.3, 0.4) is 0 Å². The Morgan fingerprint density at radius 1 is 1.11 bits per heavy atom. The zero-order valence-electron chi connectivity index (χ0n) is 10.4. The number of methoxy groups -OCH3 is 1. The Kier molecular flexibility index (Phi) is 2.76. The number of rotatable bonds is 2. The van der Waals surface area contributed by atoms with Crippen LogP contribution in [0.4, 0.5) is 0 Å². The summed E-state index contributed by atoms with van der Waals surface area (Å²) < 4.78 is 6.07. The molecule has 0 atom stereocenters. The largest absolute Gasteiger partial charge is 0.618 e. The van der Waals surface area contributed by atoms with E-state index in [0.717, 1.165) is 10.3 Å². The Bertz CT molecular complexity index is 741. The summed E-state index contributed by atoms with van der Waals surface area (Å²) in [5, 5.41) is 12.4. The second kappa shape index (κ2) is 4.57. The monoisotopic (exact) mass is 252 g/mol. The molecule has 4 nitrogen and oxygen atoms in total. The molecule has 3 rings (SSSR count). The van der Waals surface area contributed by atoms with Crippen molar-refractivity contribution in [3.63, 3.8) is 0 Å². The van der Waals surface area contributed by atoms with E-state index in [1.54, 1.807) is 19.4 Å². The average molecular weight is 252 g/mol. The average Bonchev–Trinajstić information content (AvgIpc) is 2.48. The van der Waals surface area contributed by atoms with Gasteiger partial charge >= 0.3 is 0 Å². The van der Waals surface area contributed by atoms with Crippen molar-refractivity contribution < 1.29 is 9.47 Å². The van der Waals surface area contributed by atoms with E-state index < -0.39 is 0 Å². The van der Waals surface area contributed by atoms with Crippen molar-refractivity contribution in [3.05, 3.63) is 59.9 Å². The first-order chi connectivity index (χ1) is 9.29. The quantitative estimate of drug-likeness (QED) is 0.520. The molecule has 0 saturated heterocycles. The lowest BCUT2D eigenvalue weighted by atomic mass is 10.1. The molecule has 19 heavy (non-hydrogen) atoms. The molecule has 0 bridgehead atoms. The maximum Gasteiger partial charge on any atom is 0.242 e. The number of aromatic nitrogens is 2. The summed E-state index contributed by atoms with van der Waals surface area (Å²) in [4.78, 5) is 4.31. The number of hydrogen-bond acceptors (Lipinski definition) is 3. The van der Waals surface area contributed by atoms with Gasteiger partial charge in [-0.15, -0.1) is 0 Å². The molecule has 0 spiro atoms. The third-order valence-corrected chi connectivity index (χ3v) is 3.01. The summed E-state index contributed by atoms with van der Waals surface area (Å²) in [6, 6.07) is 14.6. The molecule has 0 aliphatic carbocycles. The molecular formula is C15H12N2O2. The van der Waals surface area contributed by atoms with Crippen LogP contribution >= 0.6 is 0 Å². The number of fused-ring (bicyclic) bond motifs is 1. The van der Waals surface area contributed by atoms with E-state index in [9.17, 15) is 5.21 Å². The Morgan fingerprint density at radius 3 is 2.79 bits per heavy atom. The van der Waals surface area contributed by atoms with E-state index in [1.807, 2.05) is 42.5 Å². The summed E-state index contributed by atoms with van der Waals surface area (Å²) in [5.74, 6) is 0.714. The van der Waals surface area contributed by atoms with Gasteiger partial charge in [0, 0.05) is 6.07 Å². The van der Waals surface area contributed by atoms with Crippen molar-refractivity contribution in [2.75, 3.05) is 7.11 Å². The van der Waals surface area contributed by atoms with Gasteiger partial charge in [-0.1, -0.05) is 18.2 Å². The minimum Gasteiger partial charge on any atom is -0.618 e. The highest BCUT2D eigenvalue weighted by Gasteiger charge is 2.13. The first-order valence-corrected chi connectivity index (χ1v) is 5.91. The van der Waals surface area contributed by atoms with Gasteiger partial charge in [0.15, 0.2) is 0 Å². The maximum atomic E-state index is 12.4. The van der Waals surface area contributed by atoms with Crippen LogP contribution in [-0.4, -0.2) is 12.1 Å². The highest BCUT2D eigenvalue weighted by Crippen LogP contribution is 2.21. The van der Waals surface area contributed by atoms with Crippen LogP contribution in [0.25, 0.3) is 22.3 Å². The van der Waals surface area contributed by atoms with Crippen LogP contribution in [0.5, 0.6) is 5.75 Å². The fourth-order valence-electron chi connectivity index (χ4n) is 2.03. The van der Waals surface area contributed by atoms with Gasteiger partial charge in [0.05, 0.1) is 12.7 Å². The molecule has 1 heterocycles. The Morgan fingerprint density at radius 2 is 1.95 bits per heavy atom. The van der Waals surface area contributed by atoms with Crippen LogP contribution in [0.15, 0.2) is 54.7 Å². The first-order valence-electron chi connectivity index (χ1n) is 5.91. The highest BCUT2D eigenvalue weighted by atomic mass is 16.5. The van der Waals surface area contributed by atoms with Gasteiger partial charge < -0.3 is 9.94 Å². The minimum absolute atomic E-state index is 0.512. The molecule has 94 valence electrons. The van der Waals surface area contributed by atoms with E-state index >= 15 is 0 Å². The fourth-order valence-corrected chi connectivity index (χ4v) is 2.03. The summed E-state index contributed by atoms with van der Waals surface area (Å²) in [5.41, 5.74) is 2.54. The molecule has 0 N–H and O–H groups in total. The van der Waals surface area contributed by atoms with Crippen molar-refractivity contribution in [3.8, 4) is 17.0 Å². The third kappa shape index (κ3) is 1.97. The number of ether oxygens (including phenoxy) is 1. The third-order valence-electron chi connectivity index (χ3n) is 3.01. The van der Waals surface area contributed by atoms with E-state index in [1.165, 1.54) is 0 Å². The molecule has 0 radical (unpaired) electrons. The van der Waals surface area contributed by atoms with Crippen LogP contribution in [-0.2, 0) is 0 Å². The molecular weight excluding hydrogens is 240 g/mol. The lowest BCUT2D eigenvalue weighted by Gasteiger charge is -2.07. The van der Waals surface area contributed by atoms with Crippen LogP contribution < -0.4 is 9.47 Å². The summed E-state index contributed by atoms with van der Waals surface area (Å²) in [6.45, 7) is 0.